The molecule has 0 saturated carbocycles. The number of rotatable bonds is 5. The van der Waals surface area contributed by atoms with Crippen molar-refractivity contribution in [2.75, 3.05) is 17.2 Å². The molecule has 1 heterocycles. The average molecular weight is 353 g/mol. The second-order valence-corrected chi connectivity index (χ2v) is 6.69. The van der Waals surface area contributed by atoms with Crippen molar-refractivity contribution in [1.82, 2.24) is 4.90 Å². The summed E-state index contributed by atoms with van der Waals surface area (Å²) >= 11 is 0. The van der Waals surface area contributed by atoms with Crippen molar-refractivity contribution in [1.29, 1.82) is 0 Å². The van der Waals surface area contributed by atoms with E-state index in [1.165, 1.54) is 6.07 Å². The third kappa shape index (κ3) is 3.64. The highest BCUT2D eigenvalue weighted by Crippen LogP contribution is 2.28. The van der Waals surface area contributed by atoms with Gasteiger partial charge >= 0.3 is 0 Å². The number of fused-ring (bicyclic) bond motifs is 1. The van der Waals surface area contributed by atoms with E-state index in [0.29, 0.717) is 17.8 Å². The van der Waals surface area contributed by atoms with E-state index >= 15 is 0 Å². The van der Waals surface area contributed by atoms with E-state index in [1.54, 1.807) is 29.2 Å². The van der Waals surface area contributed by atoms with Crippen molar-refractivity contribution in [3.63, 3.8) is 0 Å². The Bertz CT molecular complexity index is 819. The van der Waals surface area contributed by atoms with Crippen LogP contribution in [0, 0.1) is 5.92 Å². The van der Waals surface area contributed by atoms with Gasteiger partial charge in [0.2, 0.25) is 5.91 Å². The molecule has 0 bridgehead atoms. The van der Waals surface area contributed by atoms with Crippen molar-refractivity contribution in [3.8, 4) is 5.75 Å². The Labute approximate surface area is 152 Å². The molecule has 1 aliphatic rings. The van der Waals surface area contributed by atoms with Gasteiger partial charge in [0, 0.05) is 18.7 Å². The molecule has 6 heteroatoms. The minimum Gasteiger partial charge on any atom is -0.506 e. The number of phenolic OH excluding ortho intramolecular Hbond substituents is 1. The van der Waals surface area contributed by atoms with Gasteiger partial charge in [0.1, 0.15) is 11.9 Å². The molecule has 2 aromatic carbocycles. The Morgan fingerprint density at radius 3 is 2.62 bits per heavy atom. The lowest BCUT2D eigenvalue weighted by atomic mass is 10.0. The van der Waals surface area contributed by atoms with Gasteiger partial charge in [0.05, 0.1) is 11.3 Å². The molecule has 0 spiro atoms. The number of phenols is 1. The highest BCUT2D eigenvalue weighted by molar-refractivity contribution is 6.02. The second-order valence-electron chi connectivity index (χ2n) is 6.69. The highest BCUT2D eigenvalue weighted by Gasteiger charge is 2.33. The Kier molecular flexibility index (Phi) is 5.11. The maximum atomic E-state index is 12.9. The fourth-order valence-electron chi connectivity index (χ4n) is 3.09. The topological polar surface area (TPSA) is 81.7 Å². The van der Waals surface area contributed by atoms with Gasteiger partial charge in [-0.05, 0) is 30.2 Å². The first kappa shape index (κ1) is 17.8. The van der Waals surface area contributed by atoms with Crippen LogP contribution in [0.4, 0.5) is 11.4 Å². The van der Waals surface area contributed by atoms with Crippen molar-refractivity contribution in [2.24, 2.45) is 5.92 Å². The van der Waals surface area contributed by atoms with Gasteiger partial charge in [-0.2, -0.15) is 0 Å². The maximum Gasteiger partial charge on any atom is 0.257 e. The summed E-state index contributed by atoms with van der Waals surface area (Å²) in [5.41, 5.74) is 1.81. The molecule has 3 N–H and O–H groups in total. The van der Waals surface area contributed by atoms with Crippen LogP contribution >= 0.6 is 0 Å². The van der Waals surface area contributed by atoms with Gasteiger partial charge in [-0.1, -0.05) is 38.1 Å². The molecule has 0 unspecified atom stereocenters. The van der Waals surface area contributed by atoms with Crippen LogP contribution in [0.15, 0.2) is 48.5 Å². The van der Waals surface area contributed by atoms with Crippen LogP contribution in [0.3, 0.4) is 0 Å². The summed E-state index contributed by atoms with van der Waals surface area (Å²) in [5.74, 6) is -0.117. The van der Waals surface area contributed by atoms with E-state index in [1.807, 2.05) is 32.0 Å². The summed E-state index contributed by atoms with van der Waals surface area (Å²) in [7, 11) is 0. The van der Waals surface area contributed by atoms with Crippen LogP contribution in [0.2, 0.25) is 0 Å². The predicted octanol–water partition coefficient (Wildman–Crippen LogP) is 3.27. The maximum absolute atomic E-state index is 12.9. The lowest BCUT2D eigenvalue weighted by molar-refractivity contribution is -0.116. The van der Waals surface area contributed by atoms with Crippen LogP contribution < -0.4 is 10.6 Å². The molecule has 1 atom stereocenters. The molecule has 0 aromatic heterocycles. The summed E-state index contributed by atoms with van der Waals surface area (Å²) in [6, 6.07) is 14.0. The average Bonchev–Trinajstić information content (AvgIpc) is 2.62. The largest absolute Gasteiger partial charge is 0.506 e. The summed E-state index contributed by atoms with van der Waals surface area (Å²) in [5, 5.41) is 15.8. The number of hydrogen-bond donors (Lipinski definition) is 3. The van der Waals surface area contributed by atoms with Gasteiger partial charge in [-0.3, -0.25) is 9.59 Å². The predicted molar refractivity (Wildman–Crippen MR) is 101 cm³/mol. The Hall–Kier alpha value is -3.02. The number of hydrogen-bond acceptors (Lipinski definition) is 4. The van der Waals surface area contributed by atoms with Gasteiger partial charge in [-0.25, -0.2) is 0 Å². The van der Waals surface area contributed by atoms with E-state index in [0.717, 1.165) is 5.69 Å². The van der Waals surface area contributed by atoms with E-state index in [2.05, 4.69) is 10.6 Å². The van der Waals surface area contributed by atoms with E-state index in [-0.39, 0.29) is 36.1 Å². The molecule has 6 nitrogen and oxygen atoms in total. The molecular formula is C20H23N3O3. The summed E-state index contributed by atoms with van der Waals surface area (Å²) in [4.78, 5) is 26.8. The zero-order valence-electron chi connectivity index (χ0n) is 14.9. The van der Waals surface area contributed by atoms with Crippen LogP contribution in [-0.2, 0) is 4.79 Å². The second kappa shape index (κ2) is 7.47. The molecular weight excluding hydrogens is 330 g/mol. The van der Waals surface area contributed by atoms with E-state index in [4.69, 9.17) is 0 Å². The Morgan fingerprint density at radius 2 is 1.88 bits per heavy atom. The third-order valence-electron chi connectivity index (χ3n) is 4.45. The SMILES string of the molecule is CC(C)[C@@H]1Nc2ccccc2C(=O)N1CCC(=O)Nc1ccccc1O. The molecule has 26 heavy (non-hydrogen) atoms. The highest BCUT2D eigenvalue weighted by atomic mass is 16.3. The number of para-hydroxylation sites is 3. The van der Waals surface area contributed by atoms with Crippen LogP contribution in [0.1, 0.15) is 30.6 Å². The first-order chi connectivity index (χ1) is 12.5. The van der Waals surface area contributed by atoms with Gasteiger partial charge in [-0.15, -0.1) is 0 Å². The van der Waals surface area contributed by atoms with E-state index in [9.17, 15) is 14.7 Å². The van der Waals surface area contributed by atoms with Gasteiger partial charge < -0.3 is 20.6 Å². The number of aromatic hydroxyl groups is 1. The number of amides is 2. The van der Waals surface area contributed by atoms with Crippen molar-refractivity contribution >= 4 is 23.2 Å². The molecule has 3 rings (SSSR count). The number of carbonyl (C=O) groups is 2. The minimum atomic E-state index is -0.249. The number of nitrogens with zero attached hydrogens (tertiary/aromatic N) is 1. The molecule has 1 aliphatic heterocycles. The third-order valence-corrected chi connectivity index (χ3v) is 4.45. The molecule has 136 valence electrons. The fraction of sp³-hybridized carbons (Fsp3) is 0.300. The zero-order chi connectivity index (χ0) is 18.7. The lowest BCUT2D eigenvalue weighted by Crippen LogP contribution is -2.52. The number of benzene rings is 2. The molecule has 0 saturated heterocycles. The van der Waals surface area contributed by atoms with Crippen LogP contribution in [0.25, 0.3) is 0 Å². The molecule has 0 fully saturated rings. The van der Waals surface area contributed by atoms with Crippen molar-refractivity contribution in [2.45, 2.75) is 26.4 Å². The van der Waals surface area contributed by atoms with E-state index < -0.39 is 0 Å². The molecule has 2 aromatic rings. The zero-order valence-corrected chi connectivity index (χ0v) is 14.9. The molecule has 0 aliphatic carbocycles. The standard InChI is InChI=1S/C20H23N3O3/c1-13(2)19-22-15-8-4-3-7-14(15)20(26)23(19)12-11-18(25)21-16-9-5-6-10-17(16)24/h3-10,13,19,22,24H,11-12H2,1-2H3,(H,21,25)/t19-/m1/s1. The summed E-state index contributed by atoms with van der Waals surface area (Å²) < 4.78 is 0. The van der Waals surface area contributed by atoms with Gasteiger partial charge in [0.15, 0.2) is 0 Å². The monoisotopic (exact) mass is 353 g/mol. The van der Waals surface area contributed by atoms with Crippen LogP contribution in [-0.4, -0.2) is 34.5 Å². The number of anilines is 2. The normalized spacial score (nSPS) is 16.2. The van der Waals surface area contributed by atoms with Crippen LogP contribution in [0.5, 0.6) is 5.75 Å². The van der Waals surface area contributed by atoms with Crippen molar-refractivity contribution in [3.05, 3.63) is 54.1 Å². The molecule has 0 radical (unpaired) electrons. The summed E-state index contributed by atoms with van der Waals surface area (Å²) in [6.45, 7) is 4.37. The van der Waals surface area contributed by atoms with Crippen molar-refractivity contribution < 1.29 is 14.7 Å². The molecule has 2 amide bonds. The first-order valence-corrected chi connectivity index (χ1v) is 8.71. The summed E-state index contributed by atoms with van der Waals surface area (Å²) in [6.07, 6.45) is -0.0250. The van der Waals surface area contributed by atoms with Gasteiger partial charge in [0.25, 0.3) is 5.91 Å². The Balaban J connectivity index is 1.70. The quantitative estimate of drug-likeness (QED) is 0.721. The minimum absolute atomic E-state index is 0.0190. The lowest BCUT2D eigenvalue weighted by Gasteiger charge is -2.40. The Morgan fingerprint density at radius 1 is 1.19 bits per heavy atom. The smallest absolute Gasteiger partial charge is 0.257 e. The number of nitrogens with one attached hydrogen (secondary N) is 2. The fourth-order valence-corrected chi connectivity index (χ4v) is 3.09. The number of carbonyl (C=O) groups excluding carboxylic acids is 2. The first-order valence-electron chi connectivity index (χ1n) is 8.71.